The van der Waals surface area contributed by atoms with Crippen LogP contribution < -0.4 is 10.4 Å². The average Bonchev–Trinajstić information content (AvgIpc) is 2.30. The number of hydrogen-bond donors (Lipinski definition) is 0. The Bertz CT molecular complexity index is 480. The van der Waals surface area contributed by atoms with Crippen molar-refractivity contribution in [3.8, 4) is 0 Å². The Kier molecular flexibility index (Phi) is 3.81. The van der Waals surface area contributed by atoms with Gasteiger partial charge in [0.15, 0.2) is 0 Å². The molecule has 0 unspecified atom stereocenters. The predicted octanol–water partition coefficient (Wildman–Crippen LogP) is 1.85. The van der Waals surface area contributed by atoms with E-state index in [-0.39, 0.29) is 9.52 Å². The van der Waals surface area contributed by atoms with Gasteiger partial charge in [0, 0.05) is 5.88 Å². The van der Waals surface area contributed by atoms with Gasteiger partial charge in [0.1, 0.15) is 0 Å². The van der Waals surface area contributed by atoms with Gasteiger partial charge in [-0.25, -0.2) is 0 Å². The fourth-order valence-electron chi connectivity index (χ4n) is 1.90. The maximum Gasteiger partial charge on any atom is 0.0879 e. The molecular weight excluding hydrogens is 232 g/mol. The van der Waals surface area contributed by atoms with Crippen LogP contribution in [-0.2, 0) is 5.88 Å². The zero-order valence-corrected chi connectivity index (χ0v) is 11.6. The Balaban J connectivity index is 2.26. The summed E-state index contributed by atoms with van der Waals surface area (Å²) < 4.78 is 0. The summed E-state index contributed by atoms with van der Waals surface area (Å²) in [6.07, 6.45) is 0. The zero-order chi connectivity index (χ0) is 11.4. The second-order valence-electron chi connectivity index (χ2n) is 4.07. The van der Waals surface area contributed by atoms with Crippen LogP contribution in [0.15, 0.2) is 48.5 Å². The summed E-state index contributed by atoms with van der Waals surface area (Å²) in [7, 11) is -0.380. The molecule has 0 bridgehead atoms. The van der Waals surface area contributed by atoms with E-state index < -0.39 is 0 Å². The summed E-state index contributed by atoms with van der Waals surface area (Å²) in [5.74, 6) is 0.620. The van der Waals surface area contributed by atoms with Crippen molar-refractivity contribution < 1.29 is 0 Å². The van der Waals surface area contributed by atoms with E-state index >= 15 is 0 Å². The molecule has 16 heavy (non-hydrogen) atoms. The maximum atomic E-state index is 5.95. The minimum atomic E-state index is -0.380. The molecule has 0 nitrogen and oxygen atoms in total. The highest BCUT2D eigenvalue weighted by Gasteiger charge is 2.02. The monoisotopic (exact) mass is 246 g/mol. The van der Waals surface area contributed by atoms with Crippen molar-refractivity contribution in [3.05, 3.63) is 59.7 Å². The number of hydrogen-bond acceptors (Lipinski definition) is 0. The minimum Gasteiger partial charge on any atom is -0.122 e. The van der Waals surface area contributed by atoms with Gasteiger partial charge >= 0.3 is 0 Å². The Hall–Kier alpha value is -1.05. The van der Waals surface area contributed by atoms with Crippen LogP contribution in [0, 0.1) is 6.92 Å². The number of benzene rings is 2. The highest BCUT2D eigenvalue weighted by molar-refractivity contribution is 6.67. The van der Waals surface area contributed by atoms with Crippen LogP contribution in [0.2, 0.25) is 0 Å². The third kappa shape index (κ3) is 2.74. The highest BCUT2D eigenvalue weighted by atomic mass is 35.5. The number of alkyl halides is 1. The van der Waals surface area contributed by atoms with Gasteiger partial charge in [-0.2, -0.15) is 0 Å². The maximum absolute atomic E-state index is 5.95. The number of rotatable bonds is 3. The van der Waals surface area contributed by atoms with Crippen LogP contribution in [0.4, 0.5) is 0 Å². The van der Waals surface area contributed by atoms with Gasteiger partial charge in [-0.05, 0) is 12.5 Å². The molecule has 0 N–H and O–H groups in total. The molecule has 0 saturated heterocycles. The molecule has 82 valence electrons. The van der Waals surface area contributed by atoms with Gasteiger partial charge in [-0.15, -0.1) is 11.6 Å². The van der Waals surface area contributed by atoms with E-state index in [0.29, 0.717) is 5.88 Å². The van der Waals surface area contributed by atoms with Crippen LogP contribution >= 0.6 is 11.6 Å². The van der Waals surface area contributed by atoms with E-state index in [0.717, 1.165) is 0 Å². The van der Waals surface area contributed by atoms with Gasteiger partial charge in [0.25, 0.3) is 0 Å². The van der Waals surface area contributed by atoms with Gasteiger partial charge in [0.2, 0.25) is 0 Å². The van der Waals surface area contributed by atoms with Crippen molar-refractivity contribution in [3.63, 3.8) is 0 Å². The molecule has 0 aromatic heterocycles. The number of halogens is 1. The Labute approximate surface area is 104 Å². The summed E-state index contributed by atoms with van der Waals surface area (Å²) >= 11 is 5.95. The summed E-state index contributed by atoms with van der Waals surface area (Å²) in [6, 6.07) is 17.3. The zero-order valence-electron chi connectivity index (χ0n) is 9.41. The summed E-state index contributed by atoms with van der Waals surface area (Å²) in [5.41, 5.74) is 2.63. The molecule has 2 aromatic carbocycles. The molecule has 2 rings (SSSR count). The molecule has 0 atom stereocenters. The molecule has 0 fully saturated rings. The number of aryl methyl sites for hydroxylation is 1. The van der Waals surface area contributed by atoms with Crippen molar-refractivity contribution in [2.75, 3.05) is 0 Å². The van der Waals surface area contributed by atoms with E-state index in [2.05, 4.69) is 55.5 Å². The fourth-order valence-corrected chi connectivity index (χ4v) is 4.16. The molecule has 0 amide bonds. The van der Waals surface area contributed by atoms with E-state index in [9.17, 15) is 0 Å². The lowest BCUT2D eigenvalue weighted by Gasteiger charge is -2.06. The molecule has 0 aliphatic carbocycles. The SMILES string of the molecule is Cc1cccc([SiH2]c2ccccc2CCl)c1. The summed E-state index contributed by atoms with van der Waals surface area (Å²) in [4.78, 5) is 0. The van der Waals surface area contributed by atoms with Crippen LogP contribution in [-0.4, -0.2) is 9.52 Å². The van der Waals surface area contributed by atoms with Crippen LogP contribution in [0.1, 0.15) is 11.1 Å². The van der Waals surface area contributed by atoms with Crippen LogP contribution in [0.5, 0.6) is 0 Å². The van der Waals surface area contributed by atoms with E-state index in [4.69, 9.17) is 11.6 Å². The minimum absolute atomic E-state index is 0.380. The smallest absolute Gasteiger partial charge is 0.0879 e. The normalized spacial score (nSPS) is 11.1. The van der Waals surface area contributed by atoms with Crippen molar-refractivity contribution in [2.45, 2.75) is 12.8 Å². The Morgan fingerprint density at radius 2 is 1.88 bits per heavy atom. The van der Waals surface area contributed by atoms with Gasteiger partial charge in [-0.3, -0.25) is 0 Å². The molecule has 2 aromatic rings. The first-order valence-electron chi connectivity index (χ1n) is 5.48. The lowest BCUT2D eigenvalue weighted by Crippen LogP contribution is -2.29. The predicted molar refractivity (Wildman–Crippen MR) is 75.0 cm³/mol. The quantitative estimate of drug-likeness (QED) is 0.573. The van der Waals surface area contributed by atoms with E-state index in [1.165, 1.54) is 21.5 Å². The first-order chi connectivity index (χ1) is 7.79. The lowest BCUT2D eigenvalue weighted by atomic mass is 10.2. The standard InChI is InChI=1S/C14H15ClSi/c1-11-5-4-7-13(9-11)16-14-8-3-2-6-12(14)10-15/h2-9H,10,16H2,1H3. The van der Waals surface area contributed by atoms with Crippen molar-refractivity contribution in [2.24, 2.45) is 0 Å². The third-order valence-corrected chi connectivity index (χ3v) is 4.95. The van der Waals surface area contributed by atoms with E-state index in [1.807, 2.05) is 0 Å². The van der Waals surface area contributed by atoms with Crippen molar-refractivity contribution in [1.29, 1.82) is 0 Å². The second kappa shape index (κ2) is 5.33. The molecule has 0 aliphatic heterocycles. The molecule has 2 heteroatoms. The Morgan fingerprint density at radius 3 is 2.62 bits per heavy atom. The summed E-state index contributed by atoms with van der Waals surface area (Å²) in [6.45, 7) is 2.14. The van der Waals surface area contributed by atoms with Crippen LogP contribution in [0.3, 0.4) is 0 Å². The first-order valence-corrected chi connectivity index (χ1v) is 7.43. The average molecular weight is 247 g/mol. The highest BCUT2D eigenvalue weighted by Crippen LogP contribution is 2.00. The summed E-state index contributed by atoms with van der Waals surface area (Å²) in [5, 5.41) is 2.95. The molecule has 0 aliphatic rings. The molecule has 0 radical (unpaired) electrons. The van der Waals surface area contributed by atoms with Crippen LogP contribution in [0.25, 0.3) is 0 Å². The first kappa shape index (κ1) is 11.4. The van der Waals surface area contributed by atoms with Crippen molar-refractivity contribution in [1.82, 2.24) is 0 Å². The topological polar surface area (TPSA) is 0 Å². The Morgan fingerprint density at radius 1 is 1.06 bits per heavy atom. The van der Waals surface area contributed by atoms with Gasteiger partial charge in [-0.1, -0.05) is 64.5 Å². The van der Waals surface area contributed by atoms with Crippen molar-refractivity contribution >= 4 is 31.5 Å². The second-order valence-corrected chi connectivity index (χ2v) is 6.27. The largest absolute Gasteiger partial charge is 0.122 e. The van der Waals surface area contributed by atoms with Gasteiger partial charge < -0.3 is 0 Å². The lowest BCUT2D eigenvalue weighted by molar-refractivity contribution is 1.44. The molecule has 0 saturated carbocycles. The molecular formula is C14H15ClSi. The fraction of sp³-hybridized carbons (Fsp3) is 0.143. The molecule has 0 spiro atoms. The third-order valence-electron chi connectivity index (χ3n) is 2.74. The van der Waals surface area contributed by atoms with E-state index in [1.54, 1.807) is 0 Å². The molecule has 0 heterocycles. The van der Waals surface area contributed by atoms with Gasteiger partial charge in [0.05, 0.1) is 9.52 Å².